The molecule has 0 amide bonds. The van der Waals surface area contributed by atoms with E-state index < -0.39 is 9.84 Å². The maximum atomic E-state index is 11.3. The summed E-state index contributed by atoms with van der Waals surface area (Å²) >= 11 is 6.27. The van der Waals surface area contributed by atoms with Gasteiger partial charge in [-0.2, -0.15) is 0 Å². The number of hydrogen-bond acceptors (Lipinski definition) is 4. The van der Waals surface area contributed by atoms with Gasteiger partial charge in [0.25, 0.3) is 0 Å². The summed E-state index contributed by atoms with van der Waals surface area (Å²) in [4.78, 5) is 1.90. The third-order valence-electron chi connectivity index (χ3n) is 2.95. The smallest absolute Gasteiger partial charge is 0.149 e. The highest BCUT2D eigenvalue weighted by Crippen LogP contribution is 2.29. The van der Waals surface area contributed by atoms with Gasteiger partial charge in [-0.1, -0.05) is 37.6 Å². The maximum absolute atomic E-state index is 11.3. The second kappa shape index (κ2) is 7.29. The molecule has 4 nitrogen and oxygen atoms in total. The number of halogens is 1. The van der Waals surface area contributed by atoms with Crippen molar-refractivity contribution in [3.8, 4) is 0 Å². The van der Waals surface area contributed by atoms with Crippen LogP contribution in [-0.4, -0.2) is 40.1 Å². The fraction of sp³-hybridized carbons (Fsp3) is 0.571. The van der Waals surface area contributed by atoms with E-state index >= 15 is 0 Å². The molecule has 1 aromatic carbocycles. The number of nitrogens with one attached hydrogen (secondary N) is 1. The largest absolute Gasteiger partial charge is 0.372 e. The molecular formula is C14H23ClN2O2S. The molecule has 1 rings (SSSR count). The fourth-order valence-corrected chi connectivity index (χ4v) is 2.80. The van der Waals surface area contributed by atoms with Gasteiger partial charge in [-0.25, -0.2) is 8.42 Å². The number of hydrogen-bond donors (Lipinski definition) is 1. The number of rotatable bonds is 7. The van der Waals surface area contributed by atoms with Crippen molar-refractivity contribution in [1.29, 1.82) is 0 Å². The van der Waals surface area contributed by atoms with E-state index in [9.17, 15) is 8.42 Å². The Morgan fingerprint density at radius 3 is 2.55 bits per heavy atom. The fourth-order valence-electron chi connectivity index (χ4n) is 1.86. The monoisotopic (exact) mass is 318 g/mol. The molecule has 0 spiro atoms. The average Bonchev–Trinajstić information content (AvgIpc) is 2.32. The lowest BCUT2D eigenvalue weighted by Crippen LogP contribution is -2.28. The zero-order chi connectivity index (χ0) is 15.3. The highest BCUT2D eigenvalue weighted by molar-refractivity contribution is 7.90. The summed E-state index contributed by atoms with van der Waals surface area (Å²) < 4.78 is 22.6. The maximum Gasteiger partial charge on any atom is 0.149 e. The summed E-state index contributed by atoms with van der Waals surface area (Å²) in [6.07, 6.45) is 1.24. The van der Waals surface area contributed by atoms with Crippen LogP contribution in [-0.2, 0) is 16.4 Å². The number of para-hydroxylation sites is 1. The molecule has 0 bridgehead atoms. The van der Waals surface area contributed by atoms with Crippen molar-refractivity contribution in [1.82, 2.24) is 5.32 Å². The Labute approximate surface area is 127 Å². The third kappa shape index (κ3) is 5.69. The van der Waals surface area contributed by atoms with E-state index in [-0.39, 0.29) is 5.75 Å². The van der Waals surface area contributed by atoms with Crippen LogP contribution in [0.5, 0.6) is 0 Å². The average molecular weight is 319 g/mol. The van der Waals surface area contributed by atoms with Gasteiger partial charge in [0.1, 0.15) is 9.84 Å². The van der Waals surface area contributed by atoms with E-state index in [0.717, 1.165) is 11.3 Å². The molecule has 1 aromatic rings. The molecule has 0 aliphatic heterocycles. The lowest BCUT2D eigenvalue weighted by Gasteiger charge is -2.24. The predicted molar refractivity (Wildman–Crippen MR) is 86.4 cm³/mol. The first kappa shape index (κ1) is 17.3. The zero-order valence-electron chi connectivity index (χ0n) is 12.5. The lowest BCUT2D eigenvalue weighted by atomic mass is 10.1. The summed E-state index contributed by atoms with van der Waals surface area (Å²) in [7, 11) is -1.11. The number of benzene rings is 1. The van der Waals surface area contributed by atoms with Crippen LogP contribution in [0.25, 0.3) is 0 Å². The molecule has 0 aliphatic carbocycles. The summed E-state index contributed by atoms with van der Waals surface area (Å²) in [6.45, 7) is 5.29. The highest BCUT2D eigenvalue weighted by atomic mass is 35.5. The van der Waals surface area contributed by atoms with Gasteiger partial charge in [-0.05, 0) is 11.6 Å². The Hall–Kier alpha value is -0.780. The van der Waals surface area contributed by atoms with E-state index in [2.05, 4.69) is 19.2 Å². The first-order valence-corrected chi connectivity index (χ1v) is 9.04. The van der Waals surface area contributed by atoms with Gasteiger partial charge < -0.3 is 10.2 Å². The van der Waals surface area contributed by atoms with Gasteiger partial charge >= 0.3 is 0 Å². The quantitative estimate of drug-likeness (QED) is 0.838. The van der Waals surface area contributed by atoms with Crippen molar-refractivity contribution in [2.45, 2.75) is 26.4 Å². The Kier molecular flexibility index (Phi) is 6.30. The van der Waals surface area contributed by atoms with Crippen molar-refractivity contribution in [2.75, 3.05) is 30.5 Å². The molecule has 1 N–H and O–H groups in total. The molecule has 20 heavy (non-hydrogen) atoms. The van der Waals surface area contributed by atoms with Crippen molar-refractivity contribution in [3.05, 3.63) is 28.8 Å². The van der Waals surface area contributed by atoms with Gasteiger partial charge in [0, 0.05) is 32.4 Å². The molecule has 114 valence electrons. The summed E-state index contributed by atoms with van der Waals surface area (Å²) in [5.41, 5.74) is 1.97. The minimum absolute atomic E-state index is 0.117. The standard InChI is InChI=1S/C14H23ClN2O2S/c1-11(2)16-10-12-6-5-7-13(15)14(12)17(3)8-9-20(4,18)19/h5-7,11,16H,8-10H2,1-4H3. The molecular weight excluding hydrogens is 296 g/mol. The van der Waals surface area contributed by atoms with Crippen LogP contribution in [0.1, 0.15) is 19.4 Å². The lowest BCUT2D eigenvalue weighted by molar-refractivity contribution is 0.588. The van der Waals surface area contributed by atoms with Gasteiger partial charge in [0.05, 0.1) is 16.5 Å². The van der Waals surface area contributed by atoms with Crippen LogP contribution in [0.15, 0.2) is 18.2 Å². The van der Waals surface area contributed by atoms with Crippen LogP contribution >= 0.6 is 11.6 Å². The molecule has 0 heterocycles. The zero-order valence-corrected chi connectivity index (χ0v) is 14.1. The molecule has 0 unspecified atom stereocenters. The van der Waals surface area contributed by atoms with Crippen LogP contribution in [0.4, 0.5) is 5.69 Å². The van der Waals surface area contributed by atoms with E-state index in [1.54, 1.807) is 0 Å². The van der Waals surface area contributed by atoms with Crippen molar-refractivity contribution < 1.29 is 8.42 Å². The Morgan fingerprint density at radius 2 is 2.00 bits per heavy atom. The number of nitrogens with zero attached hydrogens (tertiary/aromatic N) is 1. The molecule has 0 aromatic heterocycles. The number of sulfone groups is 1. The second-order valence-corrected chi connectivity index (χ2v) is 8.00. The number of anilines is 1. The molecule has 6 heteroatoms. The Balaban J connectivity index is 2.91. The van der Waals surface area contributed by atoms with E-state index in [1.165, 1.54) is 6.26 Å². The predicted octanol–water partition coefficient (Wildman–Crippen LogP) is 2.32. The summed E-state index contributed by atoms with van der Waals surface area (Å²) in [6, 6.07) is 6.12. The van der Waals surface area contributed by atoms with E-state index in [1.807, 2.05) is 30.1 Å². The van der Waals surface area contributed by atoms with Crippen LogP contribution in [0, 0.1) is 0 Å². The van der Waals surface area contributed by atoms with Crippen molar-refractivity contribution in [2.24, 2.45) is 0 Å². The molecule has 0 fully saturated rings. The minimum Gasteiger partial charge on any atom is -0.372 e. The van der Waals surface area contributed by atoms with Crippen molar-refractivity contribution >= 4 is 27.1 Å². The topological polar surface area (TPSA) is 49.4 Å². The molecule has 0 aliphatic rings. The SMILES string of the molecule is CC(C)NCc1cccc(Cl)c1N(C)CCS(C)(=O)=O. The highest BCUT2D eigenvalue weighted by Gasteiger charge is 2.13. The first-order chi connectivity index (χ1) is 9.20. The molecule has 0 saturated heterocycles. The van der Waals surface area contributed by atoms with Gasteiger partial charge in [0.2, 0.25) is 0 Å². The molecule has 0 saturated carbocycles. The van der Waals surface area contributed by atoms with E-state index in [4.69, 9.17) is 11.6 Å². The molecule has 0 radical (unpaired) electrons. The summed E-state index contributed by atoms with van der Waals surface area (Å²) in [5.74, 6) is 0.117. The van der Waals surface area contributed by atoms with Crippen molar-refractivity contribution in [3.63, 3.8) is 0 Å². The van der Waals surface area contributed by atoms with Gasteiger partial charge in [-0.3, -0.25) is 0 Å². The van der Waals surface area contributed by atoms with Crippen LogP contribution in [0.3, 0.4) is 0 Å². The Bertz CT molecular complexity index is 544. The normalized spacial score (nSPS) is 11.9. The third-order valence-corrected chi connectivity index (χ3v) is 4.18. The minimum atomic E-state index is -2.98. The molecule has 0 atom stereocenters. The van der Waals surface area contributed by atoms with Crippen LogP contribution < -0.4 is 10.2 Å². The van der Waals surface area contributed by atoms with Crippen LogP contribution in [0.2, 0.25) is 5.02 Å². The second-order valence-electron chi connectivity index (χ2n) is 5.33. The summed E-state index contributed by atoms with van der Waals surface area (Å²) in [5, 5.41) is 4.00. The Morgan fingerprint density at radius 1 is 1.35 bits per heavy atom. The van der Waals surface area contributed by atoms with Gasteiger partial charge in [-0.15, -0.1) is 0 Å². The van der Waals surface area contributed by atoms with Gasteiger partial charge in [0.15, 0.2) is 0 Å². The first-order valence-electron chi connectivity index (χ1n) is 6.60. The van der Waals surface area contributed by atoms with E-state index in [0.29, 0.717) is 24.2 Å².